The lowest BCUT2D eigenvalue weighted by atomic mass is 10.2. The summed E-state index contributed by atoms with van der Waals surface area (Å²) in [6.45, 7) is 0.0703. The molecule has 0 spiro atoms. The van der Waals surface area contributed by atoms with Gasteiger partial charge >= 0.3 is 5.97 Å². The highest BCUT2D eigenvalue weighted by Gasteiger charge is 2.35. The van der Waals surface area contributed by atoms with E-state index < -0.39 is 28.4 Å². The van der Waals surface area contributed by atoms with Crippen LogP contribution in [-0.2, 0) is 19.4 Å². The van der Waals surface area contributed by atoms with Crippen molar-refractivity contribution in [1.82, 2.24) is 9.80 Å². The fraction of sp³-hybridized carbons (Fsp3) is 0.818. The van der Waals surface area contributed by atoms with Gasteiger partial charge in [-0.25, -0.2) is 8.42 Å². The quantitative estimate of drug-likeness (QED) is 0.677. The minimum atomic E-state index is -3.14. The molecular formula is C11H20N2O5S. The van der Waals surface area contributed by atoms with Crippen molar-refractivity contribution in [2.75, 3.05) is 38.7 Å². The Morgan fingerprint density at radius 2 is 1.95 bits per heavy atom. The van der Waals surface area contributed by atoms with Crippen molar-refractivity contribution in [1.29, 1.82) is 0 Å². The molecular weight excluding hydrogens is 272 g/mol. The van der Waals surface area contributed by atoms with Crippen LogP contribution in [0.3, 0.4) is 0 Å². The van der Waals surface area contributed by atoms with Crippen molar-refractivity contribution in [3.05, 3.63) is 0 Å². The van der Waals surface area contributed by atoms with E-state index in [-0.39, 0.29) is 23.8 Å². The summed E-state index contributed by atoms with van der Waals surface area (Å²) in [5.74, 6) is -1.54. The van der Waals surface area contributed by atoms with E-state index in [2.05, 4.69) is 0 Å². The number of carboxylic acid groups (broad SMARTS) is 1. The molecule has 0 bridgehead atoms. The number of carbonyl (C=O) groups is 2. The van der Waals surface area contributed by atoms with E-state index >= 15 is 0 Å². The zero-order chi connectivity index (χ0) is 14.6. The monoisotopic (exact) mass is 292 g/mol. The molecule has 1 fully saturated rings. The molecule has 0 radical (unpaired) electrons. The smallest absolute Gasteiger partial charge is 0.323 e. The molecule has 8 heteroatoms. The van der Waals surface area contributed by atoms with Gasteiger partial charge in [0.25, 0.3) is 0 Å². The van der Waals surface area contributed by atoms with E-state index in [0.717, 1.165) is 0 Å². The third-order valence-electron chi connectivity index (χ3n) is 3.05. The van der Waals surface area contributed by atoms with Gasteiger partial charge in [-0.2, -0.15) is 0 Å². The fourth-order valence-corrected chi connectivity index (χ4v) is 3.78. The van der Waals surface area contributed by atoms with Crippen LogP contribution in [0.1, 0.15) is 12.8 Å². The Bertz CT molecular complexity index is 446. The molecule has 1 heterocycles. The van der Waals surface area contributed by atoms with Gasteiger partial charge in [-0.15, -0.1) is 0 Å². The Morgan fingerprint density at radius 3 is 2.37 bits per heavy atom. The normalized spacial score (nSPS) is 21.5. The zero-order valence-corrected chi connectivity index (χ0v) is 12.0. The molecule has 1 rings (SSSR count). The van der Waals surface area contributed by atoms with Gasteiger partial charge in [0.2, 0.25) is 5.91 Å². The Kier molecular flexibility index (Phi) is 5.30. The van der Waals surface area contributed by atoms with Crippen LogP contribution >= 0.6 is 0 Å². The van der Waals surface area contributed by atoms with Crippen LogP contribution in [0, 0.1) is 0 Å². The van der Waals surface area contributed by atoms with Crippen molar-refractivity contribution in [2.24, 2.45) is 0 Å². The predicted molar refractivity (Wildman–Crippen MR) is 69.6 cm³/mol. The number of carbonyl (C=O) groups excluding carboxylic acids is 1. The fourth-order valence-electron chi connectivity index (χ4n) is 2.05. The van der Waals surface area contributed by atoms with Crippen LogP contribution in [0.5, 0.6) is 0 Å². The van der Waals surface area contributed by atoms with Crippen molar-refractivity contribution >= 4 is 21.7 Å². The summed E-state index contributed by atoms with van der Waals surface area (Å²) in [5.41, 5.74) is 0. The van der Waals surface area contributed by atoms with Gasteiger partial charge in [-0.3, -0.25) is 9.59 Å². The SMILES string of the molecule is CN(C)CCC(=O)N(CC(=O)O)C1CCS(=O)(=O)C1. The number of hydrogen-bond acceptors (Lipinski definition) is 5. The van der Waals surface area contributed by atoms with Crippen molar-refractivity contribution in [3.8, 4) is 0 Å². The van der Waals surface area contributed by atoms with E-state index in [0.29, 0.717) is 13.0 Å². The van der Waals surface area contributed by atoms with Crippen LogP contribution in [0.15, 0.2) is 0 Å². The molecule has 0 aromatic rings. The van der Waals surface area contributed by atoms with Gasteiger partial charge in [0.1, 0.15) is 6.54 Å². The molecule has 1 amide bonds. The van der Waals surface area contributed by atoms with Crippen LogP contribution in [0.2, 0.25) is 0 Å². The highest BCUT2D eigenvalue weighted by molar-refractivity contribution is 7.91. The Balaban J connectivity index is 2.72. The summed E-state index contributed by atoms with van der Waals surface area (Å²) in [6.07, 6.45) is 0.514. The maximum atomic E-state index is 12.0. The first kappa shape index (κ1) is 15.9. The van der Waals surface area contributed by atoms with Crippen LogP contribution in [0.4, 0.5) is 0 Å². The van der Waals surface area contributed by atoms with Crippen LogP contribution < -0.4 is 0 Å². The maximum absolute atomic E-state index is 12.0. The summed E-state index contributed by atoms with van der Waals surface area (Å²) in [7, 11) is 0.490. The van der Waals surface area contributed by atoms with E-state index in [4.69, 9.17) is 5.11 Å². The zero-order valence-electron chi connectivity index (χ0n) is 11.2. The Labute approximate surface area is 113 Å². The molecule has 1 aliphatic rings. The summed E-state index contributed by atoms with van der Waals surface area (Å²) >= 11 is 0. The van der Waals surface area contributed by atoms with Gasteiger partial charge in [-0.1, -0.05) is 0 Å². The summed E-state index contributed by atoms with van der Waals surface area (Å²) in [5, 5.41) is 8.85. The second-order valence-electron chi connectivity index (χ2n) is 5.03. The third-order valence-corrected chi connectivity index (χ3v) is 4.80. The van der Waals surface area contributed by atoms with Crippen molar-refractivity contribution in [2.45, 2.75) is 18.9 Å². The highest BCUT2D eigenvalue weighted by Crippen LogP contribution is 2.18. The molecule has 1 aliphatic heterocycles. The number of amides is 1. The number of nitrogens with zero attached hydrogens (tertiary/aromatic N) is 2. The van der Waals surface area contributed by atoms with E-state index in [1.165, 1.54) is 4.90 Å². The summed E-state index contributed by atoms with van der Waals surface area (Å²) in [4.78, 5) is 25.9. The number of sulfone groups is 1. The van der Waals surface area contributed by atoms with Gasteiger partial charge in [-0.05, 0) is 20.5 Å². The first-order chi connectivity index (χ1) is 8.71. The molecule has 1 atom stereocenters. The lowest BCUT2D eigenvalue weighted by Gasteiger charge is -2.27. The average Bonchev–Trinajstić information content (AvgIpc) is 2.62. The highest BCUT2D eigenvalue weighted by atomic mass is 32.2. The lowest BCUT2D eigenvalue weighted by molar-refractivity contribution is -0.146. The number of hydrogen-bond donors (Lipinski definition) is 1. The molecule has 0 saturated carbocycles. The second-order valence-corrected chi connectivity index (χ2v) is 7.25. The molecule has 110 valence electrons. The molecule has 0 aromatic heterocycles. The number of rotatable bonds is 6. The molecule has 0 aliphatic carbocycles. The summed E-state index contributed by atoms with van der Waals surface area (Å²) in [6, 6.07) is -0.504. The Morgan fingerprint density at radius 1 is 1.32 bits per heavy atom. The van der Waals surface area contributed by atoms with E-state index in [1.54, 1.807) is 0 Å². The van der Waals surface area contributed by atoms with Crippen molar-refractivity contribution < 1.29 is 23.1 Å². The summed E-state index contributed by atoms with van der Waals surface area (Å²) < 4.78 is 22.9. The standard InChI is InChI=1S/C11H20N2O5S/c1-12(2)5-3-10(14)13(7-11(15)16)9-4-6-19(17,18)8-9/h9H,3-8H2,1-2H3,(H,15,16). The van der Waals surface area contributed by atoms with Crippen LogP contribution in [0.25, 0.3) is 0 Å². The Hall–Kier alpha value is -1.15. The minimum absolute atomic E-state index is 0.0226. The van der Waals surface area contributed by atoms with Crippen LogP contribution in [-0.4, -0.2) is 79.9 Å². The minimum Gasteiger partial charge on any atom is -0.480 e. The second kappa shape index (κ2) is 6.33. The first-order valence-electron chi connectivity index (χ1n) is 6.07. The largest absolute Gasteiger partial charge is 0.480 e. The lowest BCUT2D eigenvalue weighted by Crippen LogP contribution is -2.44. The van der Waals surface area contributed by atoms with Gasteiger partial charge in [0.05, 0.1) is 11.5 Å². The predicted octanol–water partition coefficient (Wildman–Crippen LogP) is -0.962. The van der Waals surface area contributed by atoms with Gasteiger partial charge < -0.3 is 14.9 Å². The first-order valence-corrected chi connectivity index (χ1v) is 7.90. The number of aliphatic carboxylic acids is 1. The topological polar surface area (TPSA) is 95.0 Å². The molecule has 7 nitrogen and oxygen atoms in total. The third kappa shape index (κ3) is 5.15. The molecule has 19 heavy (non-hydrogen) atoms. The molecule has 1 saturated heterocycles. The van der Waals surface area contributed by atoms with E-state index in [9.17, 15) is 18.0 Å². The average molecular weight is 292 g/mol. The maximum Gasteiger partial charge on any atom is 0.323 e. The van der Waals surface area contributed by atoms with Gasteiger partial charge in [0.15, 0.2) is 9.84 Å². The molecule has 1 N–H and O–H groups in total. The van der Waals surface area contributed by atoms with Crippen molar-refractivity contribution in [3.63, 3.8) is 0 Å². The molecule has 1 unspecified atom stereocenters. The van der Waals surface area contributed by atoms with Gasteiger partial charge in [0, 0.05) is 19.0 Å². The van der Waals surface area contributed by atoms with E-state index in [1.807, 2.05) is 19.0 Å². The number of carboxylic acids is 1. The molecule has 0 aromatic carbocycles.